The monoisotopic (exact) mass is 298 g/mol. The summed E-state index contributed by atoms with van der Waals surface area (Å²) in [5, 5.41) is 4.61. The van der Waals surface area contributed by atoms with E-state index in [0.717, 1.165) is 24.0 Å². The molecule has 0 unspecified atom stereocenters. The molecule has 0 bridgehead atoms. The highest BCUT2D eigenvalue weighted by molar-refractivity contribution is 7.91. The van der Waals surface area contributed by atoms with E-state index in [1.165, 1.54) is 12.8 Å². The minimum absolute atomic E-state index is 0.0320. The van der Waals surface area contributed by atoms with E-state index >= 15 is 0 Å². The number of sulfone groups is 1. The molecular formula is C13H22N4O2S. The molecule has 1 saturated carbocycles. The van der Waals surface area contributed by atoms with Crippen molar-refractivity contribution in [2.24, 2.45) is 5.92 Å². The Kier molecular flexibility index (Phi) is 3.58. The Bertz CT molecular complexity index is 590. The van der Waals surface area contributed by atoms with E-state index in [0.29, 0.717) is 13.0 Å². The van der Waals surface area contributed by atoms with Crippen LogP contribution in [0.15, 0.2) is 0 Å². The molecule has 0 radical (unpaired) electrons. The normalized spacial score (nSPS) is 25.4. The molecule has 1 aliphatic carbocycles. The van der Waals surface area contributed by atoms with E-state index in [1.807, 2.05) is 23.7 Å². The second-order valence-corrected chi connectivity index (χ2v) is 8.56. The molecular weight excluding hydrogens is 276 g/mol. The van der Waals surface area contributed by atoms with Gasteiger partial charge in [-0.3, -0.25) is 0 Å². The molecule has 1 aromatic rings. The van der Waals surface area contributed by atoms with Gasteiger partial charge in [-0.1, -0.05) is 0 Å². The van der Waals surface area contributed by atoms with Gasteiger partial charge in [-0.25, -0.2) is 18.1 Å². The average Bonchev–Trinajstić information content (AvgIpc) is 2.95. The SMILES string of the molecule is CN(C)Cc1nc(CC2CC2)nn1[C@H]1CCS(=O)(=O)C1. The fourth-order valence-electron chi connectivity index (χ4n) is 2.72. The zero-order valence-corrected chi connectivity index (χ0v) is 12.9. The largest absolute Gasteiger partial charge is 0.302 e. The lowest BCUT2D eigenvalue weighted by molar-refractivity contribution is 0.362. The number of hydrogen-bond donors (Lipinski definition) is 0. The van der Waals surface area contributed by atoms with Crippen LogP contribution in [0, 0.1) is 5.92 Å². The van der Waals surface area contributed by atoms with Crippen molar-refractivity contribution in [3.63, 3.8) is 0 Å². The van der Waals surface area contributed by atoms with Crippen LogP contribution in [0.2, 0.25) is 0 Å². The van der Waals surface area contributed by atoms with Gasteiger partial charge in [0.05, 0.1) is 24.1 Å². The Morgan fingerprint density at radius 1 is 1.30 bits per heavy atom. The lowest BCUT2D eigenvalue weighted by atomic mass is 10.3. The van der Waals surface area contributed by atoms with Crippen LogP contribution in [0.1, 0.15) is 37.0 Å². The Labute approximate surface area is 120 Å². The van der Waals surface area contributed by atoms with E-state index in [-0.39, 0.29) is 17.5 Å². The van der Waals surface area contributed by atoms with Crippen molar-refractivity contribution in [2.75, 3.05) is 25.6 Å². The van der Waals surface area contributed by atoms with Gasteiger partial charge < -0.3 is 4.90 Å². The molecule has 7 heteroatoms. The van der Waals surface area contributed by atoms with Crippen molar-refractivity contribution < 1.29 is 8.42 Å². The summed E-state index contributed by atoms with van der Waals surface area (Å²) in [4.78, 5) is 6.68. The van der Waals surface area contributed by atoms with Crippen LogP contribution in [0.3, 0.4) is 0 Å². The van der Waals surface area contributed by atoms with Gasteiger partial charge in [0.15, 0.2) is 15.7 Å². The van der Waals surface area contributed by atoms with E-state index in [9.17, 15) is 8.42 Å². The third-order valence-corrected chi connectivity index (χ3v) is 5.68. The molecule has 0 N–H and O–H groups in total. The number of nitrogens with zero attached hydrogens (tertiary/aromatic N) is 4. The summed E-state index contributed by atoms with van der Waals surface area (Å²) in [6, 6.07) is -0.0320. The van der Waals surface area contributed by atoms with Crippen LogP contribution in [-0.4, -0.2) is 53.7 Å². The molecule has 1 aliphatic heterocycles. The van der Waals surface area contributed by atoms with Crippen molar-refractivity contribution in [2.45, 2.75) is 38.3 Å². The van der Waals surface area contributed by atoms with Crippen LogP contribution < -0.4 is 0 Å². The molecule has 0 amide bonds. The number of aromatic nitrogens is 3. The molecule has 3 rings (SSSR count). The molecule has 112 valence electrons. The predicted molar refractivity (Wildman–Crippen MR) is 76.1 cm³/mol. The van der Waals surface area contributed by atoms with Crippen LogP contribution in [0.25, 0.3) is 0 Å². The molecule has 2 fully saturated rings. The summed E-state index contributed by atoms with van der Waals surface area (Å²) in [7, 11) is 1.09. The highest BCUT2D eigenvalue weighted by Gasteiger charge is 2.32. The quantitative estimate of drug-likeness (QED) is 0.798. The third-order valence-electron chi connectivity index (χ3n) is 3.93. The van der Waals surface area contributed by atoms with E-state index in [2.05, 4.69) is 10.1 Å². The molecule has 2 aliphatic rings. The molecule has 6 nitrogen and oxygen atoms in total. The summed E-state index contributed by atoms with van der Waals surface area (Å²) in [6.45, 7) is 0.703. The zero-order valence-electron chi connectivity index (χ0n) is 12.1. The molecule has 0 spiro atoms. The summed E-state index contributed by atoms with van der Waals surface area (Å²) in [5.41, 5.74) is 0. The summed E-state index contributed by atoms with van der Waals surface area (Å²) in [6.07, 6.45) is 4.15. The first-order chi connectivity index (χ1) is 9.43. The maximum atomic E-state index is 11.7. The van der Waals surface area contributed by atoms with Crippen molar-refractivity contribution in [1.82, 2.24) is 19.7 Å². The molecule has 1 aromatic heterocycles. The molecule has 0 aromatic carbocycles. The van der Waals surface area contributed by atoms with Gasteiger partial charge in [0, 0.05) is 6.42 Å². The maximum absolute atomic E-state index is 11.7. The number of rotatable bonds is 5. The van der Waals surface area contributed by atoms with Crippen molar-refractivity contribution >= 4 is 9.84 Å². The van der Waals surface area contributed by atoms with Gasteiger partial charge in [-0.2, -0.15) is 5.10 Å². The Morgan fingerprint density at radius 2 is 2.05 bits per heavy atom. The van der Waals surface area contributed by atoms with Crippen molar-refractivity contribution in [3.8, 4) is 0 Å². The first-order valence-corrected chi connectivity index (χ1v) is 9.04. The second kappa shape index (κ2) is 5.11. The first kappa shape index (κ1) is 14.0. The lowest BCUT2D eigenvalue weighted by Gasteiger charge is -2.14. The average molecular weight is 298 g/mol. The van der Waals surface area contributed by atoms with Crippen molar-refractivity contribution in [3.05, 3.63) is 11.6 Å². The van der Waals surface area contributed by atoms with Crippen LogP contribution in [0.5, 0.6) is 0 Å². The first-order valence-electron chi connectivity index (χ1n) is 7.22. The van der Waals surface area contributed by atoms with Crippen LogP contribution in [0.4, 0.5) is 0 Å². The highest BCUT2D eigenvalue weighted by atomic mass is 32.2. The smallest absolute Gasteiger partial charge is 0.152 e. The van der Waals surface area contributed by atoms with Gasteiger partial charge in [-0.15, -0.1) is 0 Å². The fourth-order valence-corrected chi connectivity index (χ4v) is 4.41. The maximum Gasteiger partial charge on any atom is 0.152 e. The van der Waals surface area contributed by atoms with Crippen molar-refractivity contribution in [1.29, 1.82) is 0 Å². The molecule has 2 heterocycles. The summed E-state index contributed by atoms with van der Waals surface area (Å²) >= 11 is 0. The minimum atomic E-state index is -2.89. The summed E-state index contributed by atoms with van der Waals surface area (Å²) < 4.78 is 25.2. The van der Waals surface area contributed by atoms with Gasteiger partial charge >= 0.3 is 0 Å². The van der Waals surface area contributed by atoms with E-state index in [4.69, 9.17) is 0 Å². The van der Waals surface area contributed by atoms with Gasteiger partial charge in [0.1, 0.15) is 5.82 Å². The molecule has 1 saturated heterocycles. The standard InChI is InChI=1S/C13H22N4O2S/c1-16(2)8-13-14-12(7-10-3-4-10)15-17(13)11-5-6-20(18,19)9-11/h10-11H,3-9H2,1-2H3/t11-/m0/s1. The van der Waals surface area contributed by atoms with Gasteiger partial charge in [0.25, 0.3) is 0 Å². The van der Waals surface area contributed by atoms with Crippen LogP contribution >= 0.6 is 0 Å². The zero-order chi connectivity index (χ0) is 14.3. The third kappa shape index (κ3) is 3.20. The lowest BCUT2D eigenvalue weighted by Crippen LogP contribution is -2.20. The van der Waals surface area contributed by atoms with Crippen LogP contribution in [-0.2, 0) is 22.8 Å². The van der Waals surface area contributed by atoms with E-state index in [1.54, 1.807) is 0 Å². The Balaban J connectivity index is 1.84. The summed E-state index contributed by atoms with van der Waals surface area (Å²) in [5.74, 6) is 3.00. The topological polar surface area (TPSA) is 68.1 Å². The predicted octanol–water partition coefficient (Wildman–Crippen LogP) is 0.652. The second-order valence-electron chi connectivity index (χ2n) is 6.33. The Morgan fingerprint density at radius 3 is 2.60 bits per heavy atom. The molecule has 20 heavy (non-hydrogen) atoms. The van der Waals surface area contributed by atoms with Gasteiger partial charge in [0.2, 0.25) is 0 Å². The minimum Gasteiger partial charge on any atom is -0.302 e. The van der Waals surface area contributed by atoms with E-state index < -0.39 is 9.84 Å². The number of hydrogen-bond acceptors (Lipinski definition) is 5. The van der Waals surface area contributed by atoms with Gasteiger partial charge in [-0.05, 0) is 39.3 Å². The Hall–Kier alpha value is -0.950. The highest BCUT2D eigenvalue weighted by Crippen LogP contribution is 2.32. The molecule has 1 atom stereocenters. The fraction of sp³-hybridized carbons (Fsp3) is 0.846.